The van der Waals surface area contributed by atoms with Crippen LogP contribution in [0.1, 0.15) is 25.9 Å². The molecule has 3 amide bonds. The van der Waals surface area contributed by atoms with E-state index >= 15 is 0 Å². The largest absolute Gasteiger partial charge is 0.397 e. The van der Waals surface area contributed by atoms with E-state index in [1.54, 1.807) is 42.6 Å². The van der Waals surface area contributed by atoms with Gasteiger partial charge < -0.3 is 21.3 Å². The number of para-hydroxylation sites is 2. The number of anilines is 3. The lowest BCUT2D eigenvalue weighted by atomic mass is 10.2. The van der Waals surface area contributed by atoms with Crippen LogP contribution in [0.5, 0.6) is 0 Å². The summed E-state index contributed by atoms with van der Waals surface area (Å²) in [6.07, 6.45) is 2.08. The van der Waals surface area contributed by atoms with E-state index in [9.17, 15) is 14.4 Å². The Balaban J connectivity index is 1.41. The van der Waals surface area contributed by atoms with Gasteiger partial charge in [0.25, 0.3) is 5.91 Å². The Hall–Kier alpha value is -3.79. The quantitative estimate of drug-likeness (QED) is 0.327. The number of thiazole rings is 1. The van der Waals surface area contributed by atoms with Crippen molar-refractivity contribution in [3.63, 3.8) is 0 Å². The third-order valence-electron chi connectivity index (χ3n) is 4.77. The molecule has 1 aromatic carbocycles. The van der Waals surface area contributed by atoms with E-state index in [-0.39, 0.29) is 17.5 Å². The molecule has 0 atom stereocenters. The first-order valence-electron chi connectivity index (χ1n) is 9.58. The Kier molecular flexibility index (Phi) is 5.63. The molecule has 2 aromatic heterocycles. The van der Waals surface area contributed by atoms with Crippen LogP contribution >= 0.6 is 11.3 Å². The number of nitrogens with one attached hydrogen (secondary N) is 2. The molecule has 0 saturated heterocycles. The second kappa shape index (κ2) is 8.52. The zero-order valence-electron chi connectivity index (χ0n) is 16.7. The molecule has 0 spiro atoms. The summed E-state index contributed by atoms with van der Waals surface area (Å²) in [5.74, 6) is -1.44. The van der Waals surface area contributed by atoms with E-state index in [0.717, 1.165) is 16.1 Å². The van der Waals surface area contributed by atoms with Crippen LogP contribution in [0.15, 0.2) is 42.6 Å². The fourth-order valence-electron chi connectivity index (χ4n) is 3.11. The third-order valence-corrected chi connectivity index (χ3v) is 5.85. The molecule has 3 heterocycles. The highest BCUT2D eigenvalue weighted by molar-refractivity contribution is 7.13. The average molecular weight is 437 g/mol. The van der Waals surface area contributed by atoms with E-state index < -0.39 is 11.8 Å². The summed E-state index contributed by atoms with van der Waals surface area (Å²) in [6.45, 7) is 2.45. The summed E-state index contributed by atoms with van der Waals surface area (Å²) in [5.41, 5.74) is 8.56. The van der Waals surface area contributed by atoms with Crippen molar-refractivity contribution >= 4 is 46.3 Å². The molecule has 4 rings (SSSR count). The highest BCUT2D eigenvalue weighted by atomic mass is 32.1. The molecule has 3 aromatic rings. The summed E-state index contributed by atoms with van der Waals surface area (Å²) < 4.78 is 0. The van der Waals surface area contributed by atoms with Crippen LogP contribution in [0.4, 0.5) is 17.2 Å². The van der Waals surface area contributed by atoms with Gasteiger partial charge in [-0.15, -0.1) is 11.3 Å². The number of hydrogen-bond acceptors (Lipinski definition) is 7. The van der Waals surface area contributed by atoms with E-state index in [4.69, 9.17) is 5.73 Å². The van der Waals surface area contributed by atoms with Gasteiger partial charge in [0.2, 0.25) is 0 Å². The molecule has 10 heteroatoms. The number of hydrogen-bond donors (Lipinski definition) is 3. The molecule has 1 aliphatic rings. The average Bonchev–Trinajstić information content (AvgIpc) is 3.20. The lowest BCUT2D eigenvalue weighted by Crippen LogP contribution is -2.42. The van der Waals surface area contributed by atoms with Crippen molar-refractivity contribution in [2.45, 2.75) is 19.9 Å². The fourth-order valence-corrected chi connectivity index (χ4v) is 4.13. The first-order chi connectivity index (χ1) is 14.9. The van der Waals surface area contributed by atoms with Crippen LogP contribution in [-0.2, 0) is 22.6 Å². The maximum Gasteiger partial charge on any atom is 0.315 e. The van der Waals surface area contributed by atoms with Gasteiger partial charge >= 0.3 is 11.8 Å². The van der Waals surface area contributed by atoms with E-state index in [1.807, 2.05) is 6.92 Å². The van der Waals surface area contributed by atoms with Crippen molar-refractivity contribution < 1.29 is 14.4 Å². The van der Waals surface area contributed by atoms with E-state index in [0.29, 0.717) is 30.2 Å². The van der Waals surface area contributed by atoms with Gasteiger partial charge in [-0.3, -0.25) is 14.4 Å². The number of amides is 3. The summed E-state index contributed by atoms with van der Waals surface area (Å²) in [7, 11) is 0. The zero-order valence-corrected chi connectivity index (χ0v) is 17.5. The lowest BCUT2D eigenvalue weighted by Gasteiger charge is -2.25. The minimum absolute atomic E-state index is 0.224. The molecule has 1 aliphatic heterocycles. The molecule has 9 nitrogen and oxygen atoms in total. The molecule has 0 unspecified atom stereocenters. The van der Waals surface area contributed by atoms with Crippen molar-refractivity contribution in [2.24, 2.45) is 0 Å². The first-order valence-corrected chi connectivity index (χ1v) is 10.4. The number of aromatic nitrogens is 2. The number of fused-ring (bicyclic) bond motifs is 1. The Labute approximate surface area is 182 Å². The zero-order chi connectivity index (χ0) is 22.0. The summed E-state index contributed by atoms with van der Waals surface area (Å²) in [5, 5.41) is 5.56. The van der Waals surface area contributed by atoms with Gasteiger partial charge in [0, 0.05) is 24.0 Å². The molecule has 0 fully saturated rings. The Morgan fingerprint density at radius 2 is 1.94 bits per heavy atom. The van der Waals surface area contributed by atoms with Crippen molar-refractivity contribution in [1.29, 1.82) is 0 Å². The van der Waals surface area contributed by atoms with Gasteiger partial charge in [-0.2, -0.15) is 0 Å². The molecule has 158 valence electrons. The normalized spacial score (nSPS) is 12.7. The molecule has 0 aliphatic carbocycles. The van der Waals surface area contributed by atoms with Gasteiger partial charge in [-0.05, 0) is 30.7 Å². The van der Waals surface area contributed by atoms with Crippen LogP contribution < -0.4 is 16.4 Å². The summed E-state index contributed by atoms with van der Waals surface area (Å²) >= 11 is 1.21. The number of rotatable bonds is 3. The number of nitrogens with zero attached hydrogens (tertiary/aromatic N) is 3. The van der Waals surface area contributed by atoms with Crippen LogP contribution in [0.25, 0.3) is 0 Å². The van der Waals surface area contributed by atoms with Gasteiger partial charge in [-0.1, -0.05) is 18.2 Å². The molecular weight excluding hydrogens is 417 g/mol. The van der Waals surface area contributed by atoms with Crippen molar-refractivity contribution in [3.8, 4) is 0 Å². The maximum absolute atomic E-state index is 12.6. The van der Waals surface area contributed by atoms with Crippen molar-refractivity contribution in [1.82, 2.24) is 14.9 Å². The predicted octanol–water partition coefficient (Wildman–Crippen LogP) is 2.20. The van der Waals surface area contributed by atoms with Crippen LogP contribution in [0.2, 0.25) is 0 Å². The number of aryl methyl sites for hydroxylation is 1. The molecule has 31 heavy (non-hydrogen) atoms. The topological polar surface area (TPSA) is 130 Å². The standard InChI is InChI=1S/C21H20N6O3S/c1-12-6-7-17(23-10-12)26-19(29)21(30)27-9-8-15-16(11-27)31-20(25-15)18(28)24-14-5-3-2-4-13(14)22/h2-7,10H,8-9,11,22H2,1H3,(H,24,28)(H,23,26,29)/i21+1. The van der Waals surface area contributed by atoms with Crippen molar-refractivity contribution in [2.75, 3.05) is 22.9 Å². The first kappa shape index (κ1) is 20.5. The maximum atomic E-state index is 12.6. The smallest absolute Gasteiger partial charge is 0.315 e. The number of carbonyl (C=O) groups excluding carboxylic acids is 3. The highest BCUT2D eigenvalue weighted by Gasteiger charge is 2.29. The van der Waals surface area contributed by atoms with Crippen LogP contribution in [0, 0.1) is 6.92 Å². The second-order valence-corrected chi connectivity index (χ2v) is 8.17. The van der Waals surface area contributed by atoms with Gasteiger partial charge in [-0.25, -0.2) is 9.97 Å². The number of benzene rings is 1. The molecule has 0 bridgehead atoms. The monoisotopic (exact) mass is 437 g/mol. The molecule has 0 saturated carbocycles. The third kappa shape index (κ3) is 4.53. The van der Waals surface area contributed by atoms with Crippen molar-refractivity contribution in [3.05, 3.63) is 63.7 Å². The van der Waals surface area contributed by atoms with E-state index in [2.05, 4.69) is 20.6 Å². The van der Waals surface area contributed by atoms with Gasteiger partial charge in [0.05, 0.1) is 23.6 Å². The molecular formula is C21H20N6O3S. The minimum Gasteiger partial charge on any atom is -0.397 e. The Bertz CT molecular complexity index is 1160. The number of nitrogen functional groups attached to an aromatic ring is 1. The van der Waals surface area contributed by atoms with E-state index in [1.165, 1.54) is 16.2 Å². The Morgan fingerprint density at radius 1 is 1.13 bits per heavy atom. The minimum atomic E-state index is -0.748. The van der Waals surface area contributed by atoms with Crippen LogP contribution in [-0.4, -0.2) is 39.1 Å². The highest BCUT2D eigenvalue weighted by Crippen LogP contribution is 2.27. The number of nitrogens with two attached hydrogens (primary N) is 1. The number of carbonyl (C=O) groups is 3. The SMILES string of the molecule is Cc1ccc(NC(=O)[13C](=O)N2CCc3nc(C(=O)Nc4ccccc4N)sc3C2)nc1. The summed E-state index contributed by atoms with van der Waals surface area (Å²) in [4.78, 5) is 48.2. The summed E-state index contributed by atoms with van der Waals surface area (Å²) in [6, 6.07) is 10.4. The second-order valence-electron chi connectivity index (χ2n) is 7.08. The van der Waals surface area contributed by atoms with Gasteiger partial charge in [0.15, 0.2) is 5.01 Å². The van der Waals surface area contributed by atoms with Gasteiger partial charge in [0.1, 0.15) is 5.82 Å². The predicted molar refractivity (Wildman–Crippen MR) is 118 cm³/mol. The molecule has 4 N–H and O–H groups in total. The number of pyridine rings is 1. The Morgan fingerprint density at radius 3 is 2.68 bits per heavy atom. The lowest BCUT2D eigenvalue weighted by molar-refractivity contribution is -0.143. The fraction of sp³-hybridized carbons (Fsp3) is 0.190. The van der Waals surface area contributed by atoms with Crippen LogP contribution in [0.3, 0.4) is 0 Å². The molecule has 0 radical (unpaired) electrons.